The van der Waals surface area contributed by atoms with Gasteiger partial charge in [-0.1, -0.05) is 23.7 Å². The summed E-state index contributed by atoms with van der Waals surface area (Å²) in [4.78, 5) is 28.5. The number of carboxylic acids is 1. The van der Waals surface area contributed by atoms with Crippen molar-refractivity contribution in [2.75, 3.05) is 6.61 Å². The summed E-state index contributed by atoms with van der Waals surface area (Å²) < 4.78 is 47.5. The molecule has 0 aliphatic carbocycles. The van der Waals surface area contributed by atoms with Crippen LogP contribution >= 0.6 is 11.6 Å². The van der Waals surface area contributed by atoms with E-state index in [4.69, 9.17) is 16.3 Å². The van der Waals surface area contributed by atoms with Gasteiger partial charge in [0.15, 0.2) is 0 Å². The molecule has 11 heteroatoms. The largest absolute Gasteiger partial charge is 0.491 e. The van der Waals surface area contributed by atoms with Crippen molar-refractivity contribution in [3.63, 3.8) is 0 Å². The van der Waals surface area contributed by atoms with Crippen LogP contribution < -0.4 is 10.3 Å². The highest BCUT2D eigenvalue weighted by Crippen LogP contribution is 2.35. The first-order chi connectivity index (χ1) is 17.5. The number of aromatic nitrogens is 2. The molecule has 0 bridgehead atoms. The van der Waals surface area contributed by atoms with Gasteiger partial charge in [-0.2, -0.15) is 18.4 Å². The van der Waals surface area contributed by atoms with Gasteiger partial charge in [0, 0.05) is 10.6 Å². The lowest BCUT2D eigenvalue weighted by Gasteiger charge is -2.16. The molecule has 4 aromatic rings. The average molecular weight is 528 g/mol. The lowest BCUT2D eigenvalue weighted by atomic mass is 10.0. The molecule has 0 saturated carbocycles. The van der Waals surface area contributed by atoms with Gasteiger partial charge in [-0.25, -0.2) is 9.78 Å². The lowest BCUT2D eigenvalue weighted by Crippen LogP contribution is -2.28. The molecular weight excluding hydrogens is 511 g/mol. The topological polar surface area (TPSA) is 105 Å². The fourth-order valence-electron chi connectivity index (χ4n) is 3.93. The van der Waals surface area contributed by atoms with Crippen LogP contribution in [0.2, 0.25) is 5.02 Å². The summed E-state index contributed by atoms with van der Waals surface area (Å²) in [6.45, 7) is 1.24. The minimum absolute atomic E-state index is 0.0205. The number of fused-ring (bicyclic) bond motifs is 1. The number of rotatable bonds is 6. The quantitative estimate of drug-likeness (QED) is 0.345. The lowest BCUT2D eigenvalue weighted by molar-refractivity contribution is -0.136. The Morgan fingerprint density at radius 1 is 1.19 bits per heavy atom. The number of hydrogen-bond acceptors (Lipinski definition) is 5. The molecule has 0 unspecified atom stereocenters. The second kappa shape index (κ2) is 9.95. The third-order valence-electron chi connectivity index (χ3n) is 5.66. The van der Waals surface area contributed by atoms with Crippen LogP contribution in [0.4, 0.5) is 13.2 Å². The molecule has 0 aliphatic heterocycles. The highest BCUT2D eigenvalue weighted by Gasteiger charge is 2.34. The number of carboxylic acid groups (broad SMARTS) is 1. The molecule has 0 radical (unpaired) electrons. The van der Waals surface area contributed by atoms with Crippen molar-refractivity contribution in [1.82, 2.24) is 9.55 Å². The van der Waals surface area contributed by atoms with Gasteiger partial charge in [0.1, 0.15) is 24.3 Å². The maximum atomic E-state index is 13.5. The van der Waals surface area contributed by atoms with Crippen LogP contribution in [0.25, 0.3) is 22.0 Å². The van der Waals surface area contributed by atoms with Gasteiger partial charge in [-0.05, 0) is 55.0 Å². The van der Waals surface area contributed by atoms with E-state index >= 15 is 0 Å². The molecule has 1 heterocycles. The van der Waals surface area contributed by atoms with Gasteiger partial charge >= 0.3 is 12.1 Å². The summed E-state index contributed by atoms with van der Waals surface area (Å²) in [7, 11) is 0. The summed E-state index contributed by atoms with van der Waals surface area (Å²) in [5.74, 6) is -0.731. The third-order valence-corrected chi connectivity index (χ3v) is 5.90. The van der Waals surface area contributed by atoms with Gasteiger partial charge in [0.2, 0.25) is 0 Å². The number of halogens is 4. The van der Waals surface area contributed by atoms with E-state index in [-0.39, 0.29) is 30.1 Å². The zero-order chi connectivity index (χ0) is 26.9. The van der Waals surface area contributed by atoms with E-state index in [1.165, 1.54) is 19.1 Å². The van der Waals surface area contributed by atoms with Crippen LogP contribution in [0, 0.1) is 18.3 Å². The van der Waals surface area contributed by atoms with Gasteiger partial charge < -0.3 is 9.84 Å². The first-order valence-corrected chi connectivity index (χ1v) is 11.2. The van der Waals surface area contributed by atoms with Crippen LogP contribution in [0.15, 0.2) is 59.4 Å². The number of aryl methyl sites for hydroxylation is 1. The van der Waals surface area contributed by atoms with Crippen LogP contribution in [-0.2, 0) is 12.7 Å². The highest BCUT2D eigenvalue weighted by molar-refractivity contribution is 6.31. The standard InChI is InChI=1S/C26H17ClF3N3O4/c1-14-32-23-20(26(28,29)30)7-5-17(13-31)22(23)24(34)33(14)9-10-37-21-8-6-18(27)12-19(21)15-3-2-4-16(11-15)25(35)36/h2-8,11-12H,9-10H2,1H3,(H,35,36). The second-order valence-electron chi connectivity index (χ2n) is 7.98. The molecule has 3 aromatic carbocycles. The Bertz CT molecular complexity index is 1640. The number of carbonyl (C=O) groups is 1. The van der Waals surface area contributed by atoms with Crippen LogP contribution in [0.3, 0.4) is 0 Å². The van der Waals surface area contributed by atoms with E-state index in [1.54, 1.807) is 36.4 Å². The van der Waals surface area contributed by atoms with Gasteiger partial charge in [-0.15, -0.1) is 0 Å². The molecule has 37 heavy (non-hydrogen) atoms. The third kappa shape index (κ3) is 5.13. The summed E-state index contributed by atoms with van der Waals surface area (Å²) >= 11 is 6.14. The molecule has 0 amide bonds. The first kappa shape index (κ1) is 25.7. The van der Waals surface area contributed by atoms with Crippen LogP contribution in [-0.4, -0.2) is 27.2 Å². The highest BCUT2D eigenvalue weighted by atomic mass is 35.5. The molecule has 4 rings (SSSR count). The van der Waals surface area contributed by atoms with Gasteiger partial charge in [-0.3, -0.25) is 9.36 Å². The predicted molar refractivity (Wildman–Crippen MR) is 130 cm³/mol. The fourth-order valence-corrected chi connectivity index (χ4v) is 4.11. The van der Waals surface area contributed by atoms with E-state index in [2.05, 4.69) is 4.98 Å². The molecule has 0 saturated heterocycles. The molecule has 0 aliphatic rings. The Balaban J connectivity index is 1.69. The van der Waals surface area contributed by atoms with E-state index in [0.29, 0.717) is 21.9 Å². The number of hydrogen-bond donors (Lipinski definition) is 1. The first-order valence-electron chi connectivity index (χ1n) is 10.8. The Morgan fingerprint density at radius 2 is 1.95 bits per heavy atom. The number of nitrogens with zero attached hydrogens (tertiary/aromatic N) is 3. The molecule has 0 spiro atoms. The second-order valence-corrected chi connectivity index (χ2v) is 8.42. The fraction of sp³-hybridized carbons (Fsp3) is 0.154. The maximum absolute atomic E-state index is 13.5. The maximum Gasteiger partial charge on any atom is 0.418 e. The Morgan fingerprint density at radius 3 is 2.62 bits per heavy atom. The summed E-state index contributed by atoms with van der Waals surface area (Å²) in [5, 5.41) is 18.6. The number of aromatic carboxylic acids is 1. The molecule has 7 nitrogen and oxygen atoms in total. The molecule has 1 N–H and O–H groups in total. The molecule has 0 fully saturated rings. The zero-order valence-corrected chi connectivity index (χ0v) is 19.9. The van der Waals surface area contributed by atoms with Crippen molar-refractivity contribution >= 4 is 28.5 Å². The summed E-state index contributed by atoms with van der Waals surface area (Å²) in [6.07, 6.45) is -4.75. The van der Waals surface area contributed by atoms with Crippen LogP contribution in [0.1, 0.15) is 27.3 Å². The normalized spacial score (nSPS) is 11.4. The molecule has 1 aromatic heterocycles. The van der Waals surface area contributed by atoms with Crippen molar-refractivity contribution in [3.8, 4) is 22.9 Å². The SMILES string of the molecule is Cc1nc2c(C(F)(F)F)ccc(C#N)c2c(=O)n1CCOc1ccc(Cl)cc1-c1cccc(C(=O)O)c1. The van der Waals surface area contributed by atoms with Crippen molar-refractivity contribution in [2.45, 2.75) is 19.6 Å². The molecule has 0 atom stereocenters. The van der Waals surface area contributed by atoms with E-state index in [0.717, 1.165) is 16.7 Å². The molecule has 188 valence electrons. The number of benzene rings is 3. The Labute approximate surface area is 212 Å². The number of nitriles is 1. The molecular formula is C26H17ClF3N3O4. The van der Waals surface area contributed by atoms with Crippen molar-refractivity contribution < 1.29 is 27.8 Å². The summed E-state index contributed by atoms with van der Waals surface area (Å²) in [6, 6.07) is 14.4. The number of alkyl halides is 3. The minimum atomic E-state index is -4.75. The summed E-state index contributed by atoms with van der Waals surface area (Å²) in [5.41, 5.74) is -1.56. The predicted octanol–water partition coefficient (Wildman–Crippen LogP) is 5.69. The van der Waals surface area contributed by atoms with Crippen molar-refractivity contribution in [3.05, 3.63) is 92.5 Å². The monoisotopic (exact) mass is 527 g/mol. The Hall–Kier alpha value is -4.36. The smallest absolute Gasteiger partial charge is 0.418 e. The van der Waals surface area contributed by atoms with Crippen LogP contribution in [0.5, 0.6) is 5.75 Å². The minimum Gasteiger partial charge on any atom is -0.491 e. The van der Waals surface area contributed by atoms with E-state index in [9.17, 15) is 33.1 Å². The van der Waals surface area contributed by atoms with E-state index < -0.39 is 34.2 Å². The van der Waals surface area contributed by atoms with Gasteiger partial charge in [0.05, 0.1) is 34.1 Å². The van der Waals surface area contributed by atoms with Crippen molar-refractivity contribution in [2.24, 2.45) is 0 Å². The zero-order valence-electron chi connectivity index (χ0n) is 19.1. The van der Waals surface area contributed by atoms with Crippen molar-refractivity contribution in [1.29, 1.82) is 5.26 Å². The van der Waals surface area contributed by atoms with Gasteiger partial charge in [0.25, 0.3) is 5.56 Å². The Kier molecular flexibility index (Phi) is 6.92. The van der Waals surface area contributed by atoms with E-state index in [1.807, 2.05) is 0 Å². The number of ether oxygens (including phenoxy) is 1. The average Bonchev–Trinajstić information content (AvgIpc) is 2.85.